The summed E-state index contributed by atoms with van der Waals surface area (Å²) in [7, 11) is -7.34. The van der Waals surface area contributed by atoms with Gasteiger partial charge in [-0.1, -0.05) is 0 Å². The van der Waals surface area contributed by atoms with Gasteiger partial charge in [0.25, 0.3) is 0 Å². The Labute approximate surface area is 124 Å². The van der Waals surface area contributed by atoms with Gasteiger partial charge < -0.3 is 10.5 Å². The molecular formula is C12H18N2O5S2. The first-order valence-electron chi connectivity index (χ1n) is 6.40. The molecule has 0 spiro atoms. The Morgan fingerprint density at radius 1 is 1.14 bits per heavy atom. The largest absolute Gasteiger partial charge is 0.398 e. The van der Waals surface area contributed by atoms with Crippen LogP contribution in [0.25, 0.3) is 0 Å². The highest BCUT2D eigenvalue weighted by atomic mass is 32.2. The van der Waals surface area contributed by atoms with E-state index in [-0.39, 0.29) is 22.0 Å². The smallest absolute Gasteiger partial charge is 0.245 e. The molecule has 1 heterocycles. The van der Waals surface area contributed by atoms with E-state index in [1.54, 1.807) is 0 Å². The van der Waals surface area contributed by atoms with Crippen LogP contribution in [-0.2, 0) is 24.6 Å². The normalized spacial score (nSPS) is 18.3. The third-order valence-corrected chi connectivity index (χ3v) is 6.28. The van der Waals surface area contributed by atoms with Gasteiger partial charge in [-0.05, 0) is 24.6 Å². The zero-order chi connectivity index (χ0) is 15.7. The molecule has 1 saturated heterocycles. The predicted molar refractivity (Wildman–Crippen MR) is 78.2 cm³/mol. The quantitative estimate of drug-likeness (QED) is 0.785. The fourth-order valence-corrected chi connectivity index (χ4v) is 4.40. The second kappa shape index (κ2) is 5.91. The lowest BCUT2D eigenvalue weighted by atomic mass is 10.3. The number of sulfone groups is 1. The number of hydrogen-bond donors (Lipinski definition) is 1. The molecule has 0 amide bonds. The molecule has 118 valence electrons. The lowest BCUT2D eigenvalue weighted by molar-refractivity contribution is 0.148. The molecule has 0 aliphatic carbocycles. The summed E-state index contributed by atoms with van der Waals surface area (Å²) in [5.41, 5.74) is 5.77. The standard InChI is InChI=1S/C12H18N2O5S2/c1-20(15,16)10-3-4-11(13)12(9-10)21(17,18)14-5-2-7-19-8-6-14/h3-4,9H,2,5-8,13H2,1H3. The van der Waals surface area contributed by atoms with Crippen molar-refractivity contribution < 1.29 is 21.6 Å². The monoisotopic (exact) mass is 334 g/mol. The minimum Gasteiger partial charge on any atom is -0.398 e. The van der Waals surface area contributed by atoms with Crippen LogP contribution >= 0.6 is 0 Å². The van der Waals surface area contributed by atoms with Gasteiger partial charge in [0, 0.05) is 26.0 Å². The molecule has 1 fully saturated rings. The molecule has 0 aromatic heterocycles. The second-order valence-electron chi connectivity index (χ2n) is 4.84. The van der Waals surface area contributed by atoms with Crippen LogP contribution in [0.3, 0.4) is 0 Å². The summed E-state index contributed by atoms with van der Waals surface area (Å²) < 4.78 is 54.9. The molecule has 7 nitrogen and oxygen atoms in total. The number of anilines is 1. The summed E-state index contributed by atoms with van der Waals surface area (Å²) in [4.78, 5) is -0.242. The fourth-order valence-electron chi connectivity index (χ4n) is 2.07. The maximum Gasteiger partial charge on any atom is 0.245 e. The van der Waals surface area contributed by atoms with Crippen LogP contribution in [0, 0.1) is 0 Å². The van der Waals surface area contributed by atoms with Crippen LogP contribution in [0.2, 0.25) is 0 Å². The number of sulfonamides is 1. The number of rotatable bonds is 3. The molecule has 9 heteroatoms. The molecule has 1 aromatic carbocycles. The summed E-state index contributed by atoms with van der Waals surface area (Å²) >= 11 is 0. The van der Waals surface area contributed by atoms with Gasteiger partial charge in [0.05, 0.1) is 17.2 Å². The maximum atomic E-state index is 12.6. The van der Waals surface area contributed by atoms with Crippen molar-refractivity contribution in [3.8, 4) is 0 Å². The number of ether oxygens (including phenoxy) is 1. The zero-order valence-corrected chi connectivity index (χ0v) is 13.3. The van der Waals surface area contributed by atoms with E-state index in [0.29, 0.717) is 26.2 Å². The summed E-state index contributed by atoms with van der Waals surface area (Å²) in [5.74, 6) is 0. The molecule has 2 N–H and O–H groups in total. The molecule has 21 heavy (non-hydrogen) atoms. The molecule has 2 rings (SSSR count). The highest BCUT2D eigenvalue weighted by molar-refractivity contribution is 7.91. The van der Waals surface area contributed by atoms with Crippen molar-refractivity contribution in [3.05, 3.63) is 18.2 Å². The lowest BCUT2D eigenvalue weighted by Gasteiger charge is -2.20. The maximum absolute atomic E-state index is 12.6. The van der Waals surface area contributed by atoms with Crippen molar-refractivity contribution in [1.82, 2.24) is 4.31 Å². The minimum absolute atomic E-state index is 0.0348. The molecule has 0 bridgehead atoms. The summed E-state index contributed by atoms with van der Waals surface area (Å²) in [6, 6.07) is 3.72. The zero-order valence-electron chi connectivity index (χ0n) is 11.6. The van der Waals surface area contributed by atoms with E-state index in [9.17, 15) is 16.8 Å². The van der Waals surface area contributed by atoms with Crippen LogP contribution in [0.15, 0.2) is 28.0 Å². The Kier molecular flexibility index (Phi) is 4.57. The molecular weight excluding hydrogens is 316 g/mol. The summed E-state index contributed by atoms with van der Waals surface area (Å²) in [5, 5.41) is 0. The van der Waals surface area contributed by atoms with Crippen LogP contribution in [-0.4, -0.2) is 53.7 Å². The summed E-state index contributed by atoms with van der Waals surface area (Å²) in [6.07, 6.45) is 1.61. The van der Waals surface area contributed by atoms with Crippen molar-refractivity contribution >= 4 is 25.5 Å². The van der Waals surface area contributed by atoms with Crippen molar-refractivity contribution in [2.24, 2.45) is 0 Å². The number of nitrogen functional groups attached to an aromatic ring is 1. The Hall–Kier alpha value is -1.16. The Bertz CT molecular complexity index is 720. The van der Waals surface area contributed by atoms with E-state index >= 15 is 0 Å². The van der Waals surface area contributed by atoms with Gasteiger partial charge in [-0.3, -0.25) is 0 Å². The van der Waals surface area contributed by atoms with Crippen LogP contribution < -0.4 is 5.73 Å². The molecule has 1 aliphatic rings. The van der Waals surface area contributed by atoms with Crippen molar-refractivity contribution in [2.45, 2.75) is 16.2 Å². The van der Waals surface area contributed by atoms with Crippen LogP contribution in [0.1, 0.15) is 6.42 Å². The third-order valence-electron chi connectivity index (χ3n) is 3.21. The lowest BCUT2D eigenvalue weighted by Crippen LogP contribution is -2.33. The van der Waals surface area contributed by atoms with E-state index in [2.05, 4.69) is 0 Å². The molecule has 0 radical (unpaired) electrons. The third kappa shape index (κ3) is 3.54. The Balaban J connectivity index is 2.48. The molecule has 0 atom stereocenters. The highest BCUT2D eigenvalue weighted by Gasteiger charge is 2.28. The van der Waals surface area contributed by atoms with E-state index in [0.717, 1.165) is 12.3 Å². The van der Waals surface area contributed by atoms with Gasteiger partial charge >= 0.3 is 0 Å². The Morgan fingerprint density at radius 2 is 1.86 bits per heavy atom. The van der Waals surface area contributed by atoms with Crippen LogP contribution in [0.5, 0.6) is 0 Å². The highest BCUT2D eigenvalue weighted by Crippen LogP contribution is 2.26. The van der Waals surface area contributed by atoms with E-state index in [1.807, 2.05) is 0 Å². The van der Waals surface area contributed by atoms with Gasteiger partial charge in [-0.15, -0.1) is 0 Å². The van der Waals surface area contributed by atoms with E-state index in [1.165, 1.54) is 16.4 Å². The van der Waals surface area contributed by atoms with E-state index in [4.69, 9.17) is 10.5 Å². The van der Waals surface area contributed by atoms with Gasteiger partial charge in [-0.25, -0.2) is 16.8 Å². The Morgan fingerprint density at radius 3 is 2.52 bits per heavy atom. The predicted octanol–water partition coefficient (Wildman–Crippen LogP) is 0.0833. The van der Waals surface area contributed by atoms with Crippen molar-refractivity contribution in [1.29, 1.82) is 0 Å². The summed E-state index contributed by atoms with van der Waals surface area (Å²) in [6.45, 7) is 1.37. The van der Waals surface area contributed by atoms with Crippen molar-refractivity contribution in [2.75, 3.05) is 38.3 Å². The van der Waals surface area contributed by atoms with Gasteiger partial charge in [-0.2, -0.15) is 4.31 Å². The minimum atomic E-state index is -3.83. The van der Waals surface area contributed by atoms with Gasteiger partial charge in [0.1, 0.15) is 4.90 Å². The topological polar surface area (TPSA) is 107 Å². The molecule has 1 aliphatic heterocycles. The second-order valence-corrected chi connectivity index (χ2v) is 8.76. The average Bonchev–Trinajstić information content (AvgIpc) is 2.66. The van der Waals surface area contributed by atoms with Crippen molar-refractivity contribution in [3.63, 3.8) is 0 Å². The first-order valence-corrected chi connectivity index (χ1v) is 9.73. The van der Waals surface area contributed by atoms with Crippen LogP contribution in [0.4, 0.5) is 5.69 Å². The average molecular weight is 334 g/mol. The number of nitrogens with two attached hydrogens (primary N) is 1. The van der Waals surface area contributed by atoms with Gasteiger partial charge in [0.2, 0.25) is 10.0 Å². The SMILES string of the molecule is CS(=O)(=O)c1ccc(N)c(S(=O)(=O)N2CCCOCC2)c1. The van der Waals surface area contributed by atoms with Gasteiger partial charge in [0.15, 0.2) is 9.84 Å². The molecule has 0 unspecified atom stereocenters. The number of hydrogen-bond acceptors (Lipinski definition) is 6. The molecule has 1 aromatic rings. The molecule has 0 saturated carbocycles. The number of benzene rings is 1. The van der Waals surface area contributed by atoms with E-state index < -0.39 is 19.9 Å². The first kappa shape index (κ1) is 16.2. The fraction of sp³-hybridized carbons (Fsp3) is 0.500. The number of nitrogens with zero attached hydrogens (tertiary/aromatic N) is 1. The first-order chi connectivity index (χ1) is 9.73.